The van der Waals surface area contributed by atoms with Gasteiger partial charge < -0.3 is 19.5 Å². The Balaban J connectivity index is 1.57. The fourth-order valence-electron chi connectivity index (χ4n) is 3.92. The number of phenolic OH excluding ortho intramolecular Hbond substituents is 1. The molecule has 0 aliphatic carbocycles. The Kier molecular flexibility index (Phi) is 5.44. The van der Waals surface area contributed by atoms with E-state index < -0.39 is 0 Å². The highest BCUT2D eigenvalue weighted by Gasteiger charge is 2.20. The Morgan fingerprint density at radius 3 is 2.47 bits per heavy atom. The third-order valence-corrected chi connectivity index (χ3v) is 5.50. The molecule has 2 saturated heterocycles. The number of morpholine rings is 2. The first-order valence-corrected chi connectivity index (χ1v) is 10.4. The average Bonchev–Trinajstić information content (AvgIpc) is 2.79. The summed E-state index contributed by atoms with van der Waals surface area (Å²) in [5.74, 6) is 1.60. The third-order valence-electron chi connectivity index (χ3n) is 5.50. The molecule has 2 aliphatic rings. The van der Waals surface area contributed by atoms with Crippen LogP contribution in [0.5, 0.6) is 5.75 Å². The summed E-state index contributed by atoms with van der Waals surface area (Å²) in [6.07, 6.45) is 1.93. The van der Waals surface area contributed by atoms with Crippen LogP contribution in [0.1, 0.15) is 5.56 Å². The Hall–Kier alpha value is -2.81. The van der Waals surface area contributed by atoms with Gasteiger partial charge in [0.25, 0.3) is 0 Å². The van der Waals surface area contributed by atoms with Crippen LogP contribution in [0.15, 0.2) is 36.5 Å². The number of aromatic hydroxyl groups is 1. The number of ether oxygens (including phenoxy) is 2. The summed E-state index contributed by atoms with van der Waals surface area (Å²) in [5, 5.41) is 9.92. The first-order valence-electron chi connectivity index (χ1n) is 10.4. The van der Waals surface area contributed by atoms with Gasteiger partial charge in [0.15, 0.2) is 11.6 Å². The van der Waals surface area contributed by atoms with Gasteiger partial charge in [0.2, 0.25) is 0 Å². The monoisotopic (exact) mass is 407 g/mol. The predicted octanol–water partition coefficient (Wildman–Crippen LogP) is 2.07. The molecule has 3 aromatic rings. The fraction of sp³-hybridized carbons (Fsp3) is 0.409. The first-order chi connectivity index (χ1) is 14.8. The summed E-state index contributed by atoms with van der Waals surface area (Å²) >= 11 is 0. The van der Waals surface area contributed by atoms with E-state index in [1.807, 2.05) is 12.3 Å². The minimum Gasteiger partial charge on any atom is -0.508 e. The van der Waals surface area contributed by atoms with Crippen LogP contribution in [0, 0.1) is 0 Å². The number of benzene rings is 1. The van der Waals surface area contributed by atoms with E-state index in [1.54, 1.807) is 18.2 Å². The van der Waals surface area contributed by atoms with E-state index in [4.69, 9.17) is 24.4 Å². The van der Waals surface area contributed by atoms with Crippen molar-refractivity contribution in [3.8, 4) is 17.1 Å². The maximum Gasteiger partial charge on any atom is 0.162 e. The zero-order valence-electron chi connectivity index (χ0n) is 16.8. The molecule has 2 aromatic heterocycles. The number of pyridine rings is 1. The molecule has 0 radical (unpaired) electrons. The summed E-state index contributed by atoms with van der Waals surface area (Å²) in [6.45, 7) is 7.09. The van der Waals surface area contributed by atoms with Gasteiger partial charge in [-0.25, -0.2) is 9.97 Å². The molecule has 5 rings (SSSR count). The molecule has 8 nitrogen and oxygen atoms in total. The Labute approximate surface area is 175 Å². The van der Waals surface area contributed by atoms with Crippen LogP contribution in [0.4, 0.5) is 5.82 Å². The maximum atomic E-state index is 9.92. The fourth-order valence-corrected chi connectivity index (χ4v) is 3.92. The lowest BCUT2D eigenvalue weighted by Crippen LogP contribution is -2.37. The molecule has 30 heavy (non-hydrogen) atoms. The van der Waals surface area contributed by atoms with Crippen LogP contribution in [0.3, 0.4) is 0 Å². The Morgan fingerprint density at radius 1 is 0.933 bits per heavy atom. The number of anilines is 1. The van der Waals surface area contributed by atoms with E-state index in [0.29, 0.717) is 19.0 Å². The zero-order chi connectivity index (χ0) is 20.3. The quantitative estimate of drug-likeness (QED) is 0.704. The normalized spacial score (nSPS) is 18.1. The standard InChI is InChI=1S/C22H25N5O3/c28-18-3-1-2-17(13-18)21-24-19-12-16(15-26-4-8-29-9-5-26)14-23-20(19)22(25-21)27-6-10-30-11-7-27/h1-3,12-14,28H,4-11,15H2. The number of rotatable bonds is 4. The van der Waals surface area contributed by atoms with Gasteiger partial charge in [0.05, 0.1) is 31.9 Å². The Morgan fingerprint density at radius 2 is 1.70 bits per heavy atom. The summed E-state index contributed by atoms with van der Waals surface area (Å²) < 4.78 is 11.0. The van der Waals surface area contributed by atoms with Crippen LogP contribution in [-0.4, -0.2) is 77.6 Å². The van der Waals surface area contributed by atoms with Gasteiger partial charge in [-0.05, 0) is 23.8 Å². The maximum absolute atomic E-state index is 9.92. The van der Waals surface area contributed by atoms with Gasteiger partial charge in [-0.3, -0.25) is 9.88 Å². The number of phenols is 1. The van der Waals surface area contributed by atoms with Gasteiger partial charge in [0, 0.05) is 44.5 Å². The molecule has 1 aromatic carbocycles. The molecule has 0 bridgehead atoms. The van der Waals surface area contributed by atoms with Crippen molar-refractivity contribution in [2.45, 2.75) is 6.54 Å². The van der Waals surface area contributed by atoms with E-state index in [-0.39, 0.29) is 5.75 Å². The second kappa shape index (κ2) is 8.51. The van der Waals surface area contributed by atoms with Gasteiger partial charge in [-0.15, -0.1) is 0 Å². The average molecular weight is 407 g/mol. The van der Waals surface area contributed by atoms with E-state index in [9.17, 15) is 5.11 Å². The molecule has 0 spiro atoms. The van der Waals surface area contributed by atoms with Crippen LogP contribution in [0.2, 0.25) is 0 Å². The smallest absolute Gasteiger partial charge is 0.162 e. The SMILES string of the molecule is Oc1cccc(-c2nc(N3CCOCC3)c3ncc(CN4CCOCC4)cc3n2)c1. The topological polar surface area (TPSA) is 83.8 Å². The van der Waals surface area contributed by atoms with Crippen molar-refractivity contribution in [2.24, 2.45) is 0 Å². The van der Waals surface area contributed by atoms with Crippen LogP contribution in [0.25, 0.3) is 22.4 Å². The van der Waals surface area contributed by atoms with Crippen molar-refractivity contribution in [3.05, 3.63) is 42.1 Å². The van der Waals surface area contributed by atoms with E-state index >= 15 is 0 Å². The second-order valence-electron chi connectivity index (χ2n) is 7.62. The molecular formula is C22H25N5O3. The highest BCUT2D eigenvalue weighted by Crippen LogP contribution is 2.29. The van der Waals surface area contributed by atoms with Crippen molar-refractivity contribution in [3.63, 3.8) is 0 Å². The molecule has 0 saturated carbocycles. The number of hydrogen-bond acceptors (Lipinski definition) is 8. The lowest BCUT2D eigenvalue weighted by molar-refractivity contribution is 0.0341. The number of hydrogen-bond donors (Lipinski definition) is 1. The summed E-state index contributed by atoms with van der Waals surface area (Å²) in [6, 6.07) is 9.16. The number of aromatic nitrogens is 3. The summed E-state index contributed by atoms with van der Waals surface area (Å²) in [7, 11) is 0. The van der Waals surface area contributed by atoms with E-state index in [1.165, 1.54) is 0 Å². The van der Waals surface area contributed by atoms with Crippen molar-refractivity contribution >= 4 is 16.9 Å². The summed E-state index contributed by atoms with van der Waals surface area (Å²) in [4.78, 5) is 19.0. The minimum absolute atomic E-state index is 0.198. The molecule has 0 atom stereocenters. The lowest BCUT2D eigenvalue weighted by atomic mass is 10.1. The van der Waals surface area contributed by atoms with Gasteiger partial charge >= 0.3 is 0 Å². The van der Waals surface area contributed by atoms with Crippen molar-refractivity contribution in [2.75, 3.05) is 57.5 Å². The summed E-state index contributed by atoms with van der Waals surface area (Å²) in [5.41, 5.74) is 3.52. The highest BCUT2D eigenvalue weighted by atomic mass is 16.5. The molecule has 0 unspecified atom stereocenters. The van der Waals surface area contributed by atoms with Crippen molar-refractivity contribution < 1.29 is 14.6 Å². The van der Waals surface area contributed by atoms with Crippen molar-refractivity contribution in [1.82, 2.24) is 19.9 Å². The molecule has 156 valence electrons. The van der Waals surface area contributed by atoms with E-state index in [0.717, 1.165) is 73.9 Å². The molecule has 1 N–H and O–H groups in total. The second-order valence-corrected chi connectivity index (χ2v) is 7.62. The van der Waals surface area contributed by atoms with Gasteiger partial charge in [-0.1, -0.05) is 12.1 Å². The first kappa shape index (κ1) is 19.2. The van der Waals surface area contributed by atoms with Crippen LogP contribution >= 0.6 is 0 Å². The lowest BCUT2D eigenvalue weighted by Gasteiger charge is -2.29. The third kappa shape index (κ3) is 4.07. The van der Waals surface area contributed by atoms with E-state index in [2.05, 4.69) is 15.9 Å². The predicted molar refractivity (Wildman–Crippen MR) is 114 cm³/mol. The molecule has 4 heterocycles. The molecule has 2 aliphatic heterocycles. The molecular weight excluding hydrogens is 382 g/mol. The van der Waals surface area contributed by atoms with Gasteiger partial charge in [-0.2, -0.15) is 0 Å². The van der Waals surface area contributed by atoms with Crippen molar-refractivity contribution in [1.29, 1.82) is 0 Å². The minimum atomic E-state index is 0.198. The van der Waals surface area contributed by atoms with Crippen LogP contribution < -0.4 is 4.90 Å². The number of fused-ring (bicyclic) bond motifs is 1. The molecule has 8 heteroatoms. The molecule has 2 fully saturated rings. The Bertz CT molecular complexity index is 1030. The number of nitrogens with zero attached hydrogens (tertiary/aromatic N) is 5. The highest BCUT2D eigenvalue weighted by molar-refractivity contribution is 5.88. The largest absolute Gasteiger partial charge is 0.508 e. The zero-order valence-corrected chi connectivity index (χ0v) is 16.8. The molecule has 0 amide bonds. The van der Waals surface area contributed by atoms with Gasteiger partial charge in [0.1, 0.15) is 11.3 Å². The van der Waals surface area contributed by atoms with Crippen LogP contribution in [-0.2, 0) is 16.0 Å².